The largest absolute Gasteiger partial charge is 0.462 e. The molecule has 0 saturated carbocycles. The molecule has 3 rings (SSSR count). The number of fused-ring (bicyclic) bond motifs is 1. The number of nitrogens with one attached hydrogen (secondary N) is 1. The van der Waals surface area contributed by atoms with E-state index in [0.29, 0.717) is 15.4 Å². The Kier molecular flexibility index (Phi) is 6.41. The monoisotopic (exact) mass is 418 g/mol. The number of amides is 1. The average molecular weight is 419 g/mol. The van der Waals surface area contributed by atoms with Crippen molar-refractivity contribution in [1.29, 1.82) is 0 Å². The maximum atomic E-state index is 12.7. The number of carbonyl (C=O) groups excluding carboxylic acids is 3. The molecule has 1 N–H and O–H groups in total. The van der Waals surface area contributed by atoms with Crippen LogP contribution in [0.2, 0.25) is 0 Å². The first-order chi connectivity index (χ1) is 13.4. The number of esters is 1. The van der Waals surface area contributed by atoms with E-state index in [4.69, 9.17) is 4.74 Å². The number of benzene rings is 1. The second-order valence-corrected chi connectivity index (χ2v) is 8.48. The molecule has 6 nitrogen and oxygen atoms in total. The van der Waals surface area contributed by atoms with Gasteiger partial charge in [0.15, 0.2) is 5.78 Å². The summed E-state index contributed by atoms with van der Waals surface area (Å²) in [5.41, 5.74) is 1.84. The zero-order valence-corrected chi connectivity index (χ0v) is 17.7. The molecule has 0 bridgehead atoms. The summed E-state index contributed by atoms with van der Waals surface area (Å²) < 4.78 is 5.11. The first kappa shape index (κ1) is 20.4. The van der Waals surface area contributed by atoms with Crippen molar-refractivity contribution in [2.75, 3.05) is 35.7 Å². The van der Waals surface area contributed by atoms with Crippen LogP contribution in [0.3, 0.4) is 0 Å². The maximum Gasteiger partial charge on any atom is 0.341 e. The van der Waals surface area contributed by atoms with E-state index in [2.05, 4.69) is 5.32 Å². The Morgan fingerprint density at radius 3 is 2.71 bits per heavy atom. The molecule has 28 heavy (non-hydrogen) atoms. The summed E-state index contributed by atoms with van der Waals surface area (Å²) in [6, 6.07) is 7.99. The van der Waals surface area contributed by atoms with E-state index in [1.165, 1.54) is 6.92 Å². The fraction of sp³-hybridized carbons (Fsp3) is 0.350. The van der Waals surface area contributed by atoms with Crippen LogP contribution in [0.4, 0.5) is 10.7 Å². The van der Waals surface area contributed by atoms with E-state index in [1.54, 1.807) is 25.6 Å². The number of para-hydroxylation sites is 1. The van der Waals surface area contributed by atoms with Crippen molar-refractivity contribution in [3.8, 4) is 0 Å². The third kappa shape index (κ3) is 4.23. The molecule has 0 spiro atoms. The molecule has 148 valence electrons. The zero-order chi connectivity index (χ0) is 20.3. The number of ketones is 1. The highest BCUT2D eigenvalue weighted by Gasteiger charge is 2.26. The van der Waals surface area contributed by atoms with Crippen LogP contribution >= 0.6 is 23.1 Å². The van der Waals surface area contributed by atoms with Gasteiger partial charge in [0, 0.05) is 17.2 Å². The lowest BCUT2D eigenvalue weighted by Gasteiger charge is -2.30. The van der Waals surface area contributed by atoms with Crippen LogP contribution in [0, 0.1) is 6.92 Å². The van der Waals surface area contributed by atoms with Gasteiger partial charge in [-0.3, -0.25) is 9.59 Å². The van der Waals surface area contributed by atoms with Crippen molar-refractivity contribution in [2.45, 2.75) is 25.7 Å². The maximum absolute atomic E-state index is 12.7. The number of rotatable bonds is 6. The zero-order valence-electron chi connectivity index (χ0n) is 16.0. The van der Waals surface area contributed by atoms with Crippen molar-refractivity contribution < 1.29 is 19.1 Å². The molecule has 0 radical (unpaired) electrons. The molecule has 1 aliphatic heterocycles. The van der Waals surface area contributed by atoms with Crippen molar-refractivity contribution in [3.05, 3.63) is 40.3 Å². The molecule has 0 unspecified atom stereocenters. The molecule has 1 aromatic carbocycles. The minimum atomic E-state index is -0.529. The number of thioether (sulfide) groups is 1. The fourth-order valence-corrected chi connectivity index (χ4v) is 5.27. The van der Waals surface area contributed by atoms with Gasteiger partial charge >= 0.3 is 5.97 Å². The highest BCUT2D eigenvalue weighted by atomic mass is 32.2. The molecule has 1 amide bonds. The number of nitrogens with zero attached hydrogens (tertiary/aromatic N) is 1. The van der Waals surface area contributed by atoms with Gasteiger partial charge in [-0.2, -0.15) is 0 Å². The summed E-state index contributed by atoms with van der Waals surface area (Å²) in [6.45, 7) is 6.03. The van der Waals surface area contributed by atoms with Crippen molar-refractivity contribution in [2.24, 2.45) is 0 Å². The molecular weight excluding hydrogens is 396 g/mol. The SMILES string of the molecule is CCOC(=O)c1c(NC(=O)CN2CCSc3ccccc32)sc(C(C)=O)c1C. The number of carbonyl (C=O) groups is 3. The molecule has 0 aliphatic carbocycles. The van der Waals surface area contributed by atoms with E-state index in [-0.39, 0.29) is 30.4 Å². The van der Waals surface area contributed by atoms with Gasteiger partial charge in [-0.15, -0.1) is 23.1 Å². The van der Waals surface area contributed by atoms with Crippen LogP contribution < -0.4 is 10.2 Å². The predicted molar refractivity (Wildman–Crippen MR) is 113 cm³/mol. The third-order valence-corrected chi connectivity index (χ3v) is 6.71. The summed E-state index contributed by atoms with van der Waals surface area (Å²) >= 11 is 2.89. The minimum Gasteiger partial charge on any atom is -0.462 e. The second-order valence-electron chi connectivity index (χ2n) is 6.32. The second kappa shape index (κ2) is 8.79. The van der Waals surface area contributed by atoms with Gasteiger partial charge in [0.25, 0.3) is 0 Å². The predicted octanol–water partition coefficient (Wildman–Crippen LogP) is 3.99. The van der Waals surface area contributed by atoms with Crippen molar-refractivity contribution >= 4 is 51.4 Å². The summed E-state index contributed by atoms with van der Waals surface area (Å²) in [4.78, 5) is 40.6. The van der Waals surface area contributed by atoms with Gasteiger partial charge in [-0.1, -0.05) is 12.1 Å². The molecule has 1 aliphatic rings. The average Bonchev–Trinajstić information content (AvgIpc) is 2.98. The summed E-state index contributed by atoms with van der Waals surface area (Å²) in [5.74, 6) is 0.00298. The Morgan fingerprint density at radius 2 is 2.00 bits per heavy atom. The molecule has 8 heteroatoms. The van der Waals surface area contributed by atoms with Crippen LogP contribution in [0.1, 0.15) is 39.4 Å². The van der Waals surface area contributed by atoms with Crippen LogP contribution in [-0.4, -0.2) is 43.1 Å². The Bertz CT molecular complexity index is 923. The molecular formula is C20H22N2O4S2. The lowest BCUT2D eigenvalue weighted by molar-refractivity contribution is -0.115. The number of Topliss-reactive ketones (excluding diaryl/α,β-unsaturated/α-hetero) is 1. The van der Waals surface area contributed by atoms with Gasteiger partial charge < -0.3 is 15.0 Å². The smallest absolute Gasteiger partial charge is 0.341 e. The third-order valence-electron chi connectivity index (χ3n) is 4.36. The van der Waals surface area contributed by atoms with Gasteiger partial charge in [-0.05, 0) is 38.5 Å². The van der Waals surface area contributed by atoms with Crippen LogP contribution in [0.25, 0.3) is 0 Å². The van der Waals surface area contributed by atoms with Crippen LogP contribution in [-0.2, 0) is 9.53 Å². The van der Waals surface area contributed by atoms with Gasteiger partial charge in [0.05, 0.1) is 29.3 Å². The standard InChI is InChI=1S/C20H22N2O4S2/c1-4-26-20(25)17-12(2)18(13(3)23)28-19(17)21-16(24)11-22-9-10-27-15-8-6-5-7-14(15)22/h5-8H,4,9-11H2,1-3H3,(H,21,24). The Labute approximate surface area is 172 Å². The number of hydrogen-bond acceptors (Lipinski definition) is 7. The number of ether oxygens (including phenoxy) is 1. The first-order valence-electron chi connectivity index (χ1n) is 9.00. The summed E-state index contributed by atoms with van der Waals surface area (Å²) in [6.07, 6.45) is 0. The molecule has 0 atom stereocenters. The Morgan fingerprint density at radius 1 is 1.25 bits per heavy atom. The van der Waals surface area contributed by atoms with Crippen molar-refractivity contribution in [1.82, 2.24) is 0 Å². The minimum absolute atomic E-state index is 0.143. The van der Waals surface area contributed by atoms with E-state index in [9.17, 15) is 14.4 Å². The van der Waals surface area contributed by atoms with Gasteiger partial charge in [0.1, 0.15) is 5.00 Å². The normalized spacial score (nSPS) is 13.0. The van der Waals surface area contributed by atoms with E-state index >= 15 is 0 Å². The van der Waals surface area contributed by atoms with Crippen LogP contribution in [0.15, 0.2) is 29.2 Å². The Hall–Kier alpha value is -2.32. The molecule has 1 aromatic heterocycles. The summed E-state index contributed by atoms with van der Waals surface area (Å²) in [5, 5.41) is 3.19. The van der Waals surface area contributed by atoms with Crippen LogP contribution in [0.5, 0.6) is 0 Å². The number of anilines is 2. The lowest BCUT2D eigenvalue weighted by atomic mass is 10.1. The first-order valence-corrected chi connectivity index (χ1v) is 10.8. The van der Waals surface area contributed by atoms with E-state index < -0.39 is 5.97 Å². The van der Waals surface area contributed by atoms with E-state index in [1.807, 2.05) is 29.2 Å². The number of thiophene rings is 1. The summed E-state index contributed by atoms with van der Waals surface area (Å²) in [7, 11) is 0. The topological polar surface area (TPSA) is 75.7 Å². The highest BCUT2D eigenvalue weighted by molar-refractivity contribution is 7.99. The molecule has 0 fully saturated rings. The lowest BCUT2D eigenvalue weighted by Crippen LogP contribution is -2.36. The molecule has 2 aromatic rings. The molecule has 2 heterocycles. The Balaban J connectivity index is 1.82. The van der Waals surface area contributed by atoms with Gasteiger partial charge in [0.2, 0.25) is 5.91 Å². The van der Waals surface area contributed by atoms with E-state index in [0.717, 1.165) is 34.2 Å². The van der Waals surface area contributed by atoms with Crippen molar-refractivity contribution in [3.63, 3.8) is 0 Å². The number of hydrogen-bond donors (Lipinski definition) is 1. The highest BCUT2D eigenvalue weighted by Crippen LogP contribution is 2.36. The fourth-order valence-electron chi connectivity index (χ4n) is 3.12. The molecule has 0 saturated heterocycles. The van der Waals surface area contributed by atoms with Gasteiger partial charge in [-0.25, -0.2) is 4.79 Å². The quantitative estimate of drug-likeness (QED) is 0.565.